The predicted octanol–water partition coefficient (Wildman–Crippen LogP) is 5.92. The van der Waals surface area contributed by atoms with Crippen LogP contribution in [-0.2, 0) is 0 Å². The molecular formula is C22H26OSi. The first kappa shape index (κ1) is 18.1. The molecule has 24 heavy (non-hydrogen) atoms. The van der Waals surface area contributed by atoms with Crippen LogP contribution in [0, 0.1) is 0 Å². The Morgan fingerprint density at radius 2 is 1.96 bits per heavy atom. The maximum absolute atomic E-state index is 13.6. The van der Waals surface area contributed by atoms with E-state index < -0.39 is 8.07 Å². The van der Waals surface area contributed by atoms with Crippen LogP contribution in [-0.4, -0.2) is 13.5 Å². The lowest BCUT2D eigenvalue weighted by Gasteiger charge is -2.29. The smallest absolute Gasteiger partial charge is 0.196 e. The Bertz CT molecular complexity index is 720. The SMILES string of the molecule is C/C=C\C(=C/CC)[Si](C)(C(=O)c1ccccc1)C1=CC=CCC=C1. The van der Waals surface area contributed by atoms with E-state index in [4.69, 9.17) is 0 Å². The van der Waals surface area contributed by atoms with Gasteiger partial charge in [0.15, 0.2) is 13.5 Å². The van der Waals surface area contributed by atoms with Crippen LogP contribution in [0.3, 0.4) is 0 Å². The molecular weight excluding hydrogens is 308 g/mol. The fraction of sp³-hybridized carbons (Fsp3) is 0.227. The van der Waals surface area contributed by atoms with Gasteiger partial charge in [-0.15, -0.1) is 0 Å². The molecule has 0 saturated carbocycles. The van der Waals surface area contributed by atoms with Gasteiger partial charge in [-0.2, -0.15) is 0 Å². The van der Waals surface area contributed by atoms with Crippen LogP contribution >= 0.6 is 0 Å². The second-order valence-electron chi connectivity index (χ2n) is 6.08. The second kappa shape index (κ2) is 8.60. The molecule has 0 heterocycles. The molecule has 1 aliphatic rings. The zero-order chi connectivity index (χ0) is 17.4. The Morgan fingerprint density at radius 1 is 1.21 bits per heavy atom. The monoisotopic (exact) mass is 334 g/mol. The molecule has 124 valence electrons. The average Bonchev–Trinajstić information content (AvgIpc) is 2.91. The summed E-state index contributed by atoms with van der Waals surface area (Å²) in [5.74, 6) is 0. The fourth-order valence-electron chi connectivity index (χ4n) is 3.06. The molecule has 1 aliphatic carbocycles. The van der Waals surface area contributed by atoms with E-state index in [0.717, 1.165) is 18.4 Å². The van der Waals surface area contributed by atoms with Gasteiger partial charge < -0.3 is 0 Å². The van der Waals surface area contributed by atoms with Crippen molar-refractivity contribution >= 4 is 13.5 Å². The zero-order valence-corrected chi connectivity index (χ0v) is 15.8. The molecule has 1 aromatic carbocycles. The van der Waals surface area contributed by atoms with Gasteiger partial charge in [-0.3, -0.25) is 4.79 Å². The molecule has 0 fully saturated rings. The lowest BCUT2D eigenvalue weighted by atomic mass is 10.2. The van der Waals surface area contributed by atoms with E-state index in [9.17, 15) is 4.79 Å². The van der Waals surface area contributed by atoms with Gasteiger partial charge in [0.05, 0.1) is 0 Å². The maximum Gasteiger partial charge on any atom is 0.196 e. The number of benzene rings is 1. The van der Waals surface area contributed by atoms with Crippen LogP contribution in [0.2, 0.25) is 6.55 Å². The van der Waals surface area contributed by atoms with Crippen LogP contribution in [0.25, 0.3) is 0 Å². The van der Waals surface area contributed by atoms with Gasteiger partial charge in [-0.25, -0.2) is 0 Å². The maximum atomic E-state index is 13.6. The Labute approximate surface area is 146 Å². The second-order valence-corrected chi connectivity index (χ2v) is 9.93. The Hall–Kier alpha value is -2.19. The van der Waals surface area contributed by atoms with E-state index in [-0.39, 0.29) is 5.41 Å². The standard InChI is InChI=1S/C22H26OSi/c1-4-13-20(14-5-2)24(3,21-17-11-6-7-12-18-21)22(23)19-15-9-8-10-16-19/h4,6,8-18H,5,7H2,1-3H3/b13-4-,20-14+. The highest BCUT2D eigenvalue weighted by atomic mass is 28.3. The van der Waals surface area contributed by atoms with Gasteiger partial charge in [-0.05, 0) is 25.0 Å². The molecule has 1 unspecified atom stereocenters. The molecule has 0 aliphatic heterocycles. The van der Waals surface area contributed by atoms with Gasteiger partial charge >= 0.3 is 0 Å². The molecule has 2 heteroatoms. The van der Waals surface area contributed by atoms with Crippen molar-refractivity contribution in [2.45, 2.75) is 33.2 Å². The highest BCUT2D eigenvalue weighted by molar-refractivity contribution is 7.16. The predicted molar refractivity (Wildman–Crippen MR) is 107 cm³/mol. The molecule has 0 bridgehead atoms. The molecule has 0 radical (unpaired) electrons. The molecule has 0 aromatic heterocycles. The van der Waals surface area contributed by atoms with Crippen LogP contribution in [0.4, 0.5) is 0 Å². The third kappa shape index (κ3) is 3.82. The summed E-state index contributed by atoms with van der Waals surface area (Å²) in [5, 5.41) is 2.63. The summed E-state index contributed by atoms with van der Waals surface area (Å²) in [6.45, 7) is 6.32. The average molecular weight is 335 g/mol. The fourth-order valence-corrected chi connectivity index (χ4v) is 6.65. The third-order valence-corrected chi connectivity index (χ3v) is 8.61. The van der Waals surface area contributed by atoms with Crippen molar-refractivity contribution in [2.24, 2.45) is 0 Å². The van der Waals surface area contributed by atoms with Gasteiger partial charge in [0.1, 0.15) is 0 Å². The lowest BCUT2D eigenvalue weighted by molar-refractivity contribution is 0.106. The normalized spacial score (nSPS) is 17.5. The first-order valence-corrected chi connectivity index (χ1v) is 11.1. The number of hydrogen-bond acceptors (Lipinski definition) is 1. The van der Waals surface area contributed by atoms with Crippen molar-refractivity contribution < 1.29 is 4.79 Å². The molecule has 1 atom stereocenters. The van der Waals surface area contributed by atoms with Gasteiger partial charge in [0.2, 0.25) is 0 Å². The lowest BCUT2D eigenvalue weighted by Crippen LogP contribution is -2.45. The zero-order valence-electron chi connectivity index (χ0n) is 14.8. The van der Waals surface area contributed by atoms with Crippen LogP contribution in [0.5, 0.6) is 0 Å². The van der Waals surface area contributed by atoms with Crippen LogP contribution < -0.4 is 0 Å². The quantitative estimate of drug-likeness (QED) is 0.466. The van der Waals surface area contributed by atoms with E-state index in [2.05, 4.69) is 56.0 Å². The topological polar surface area (TPSA) is 17.1 Å². The Morgan fingerprint density at radius 3 is 2.62 bits per heavy atom. The molecule has 0 spiro atoms. The molecule has 0 amide bonds. The summed E-state index contributed by atoms with van der Waals surface area (Å²) in [4.78, 5) is 13.6. The van der Waals surface area contributed by atoms with E-state index >= 15 is 0 Å². The minimum absolute atomic E-state index is 0.270. The third-order valence-electron chi connectivity index (χ3n) is 4.40. The van der Waals surface area contributed by atoms with Crippen molar-refractivity contribution in [3.8, 4) is 0 Å². The molecule has 0 N–H and O–H groups in total. The van der Waals surface area contributed by atoms with Crippen molar-refractivity contribution in [1.82, 2.24) is 0 Å². The minimum atomic E-state index is -2.54. The minimum Gasteiger partial charge on any atom is -0.299 e. The van der Waals surface area contributed by atoms with E-state index in [1.54, 1.807) is 0 Å². The highest BCUT2D eigenvalue weighted by Crippen LogP contribution is 2.31. The van der Waals surface area contributed by atoms with Gasteiger partial charge in [-0.1, -0.05) is 97.6 Å². The molecule has 0 saturated heterocycles. The van der Waals surface area contributed by atoms with E-state index in [0.29, 0.717) is 0 Å². The van der Waals surface area contributed by atoms with Crippen LogP contribution in [0.1, 0.15) is 37.0 Å². The number of carbonyl (C=O) groups excluding carboxylic acids is 1. The first-order chi connectivity index (χ1) is 11.6. The summed E-state index contributed by atoms with van der Waals surface area (Å²) in [7, 11) is -2.54. The Kier molecular flexibility index (Phi) is 6.50. The van der Waals surface area contributed by atoms with Crippen molar-refractivity contribution in [3.63, 3.8) is 0 Å². The summed E-state index contributed by atoms with van der Waals surface area (Å²) < 4.78 is 0. The van der Waals surface area contributed by atoms with Crippen molar-refractivity contribution in [2.75, 3.05) is 0 Å². The number of rotatable bonds is 6. The number of allylic oxidation sites excluding steroid dienone is 10. The van der Waals surface area contributed by atoms with Crippen molar-refractivity contribution in [3.05, 3.63) is 94.9 Å². The number of hydrogen-bond donors (Lipinski definition) is 0. The Balaban J connectivity index is 2.64. The van der Waals surface area contributed by atoms with Gasteiger partial charge in [0.25, 0.3) is 0 Å². The van der Waals surface area contributed by atoms with Crippen molar-refractivity contribution in [1.29, 1.82) is 0 Å². The summed E-state index contributed by atoms with van der Waals surface area (Å²) in [6.07, 6.45) is 18.9. The highest BCUT2D eigenvalue weighted by Gasteiger charge is 2.42. The first-order valence-electron chi connectivity index (χ1n) is 8.61. The largest absolute Gasteiger partial charge is 0.299 e. The summed E-state index contributed by atoms with van der Waals surface area (Å²) in [6, 6.07) is 9.71. The number of carbonyl (C=O) groups is 1. The van der Waals surface area contributed by atoms with Crippen LogP contribution in [0.15, 0.2) is 89.3 Å². The molecule has 2 rings (SSSR count). The summed E-state index contributed by atoms with van der Waals surface area (Å²) >= 11 is 0. The van der Waals surface area contributed by atoms with Gasteiger partial charge in [0, 0.05) is 5.56 Å². The summed E-state index contributed by atoms with van der Waals surface area (Å²) in [5.41, 5.74) is 0.806. The van der Waals surface area contributed by atoms with E-state index in [1.807, 2.05) is 43.3 Å². The molecule has 1 nitrogen and oxygen atoms in total. The molecule has 1 aromatic rings. The van der Waals surface area contributed by atoms with E-state index in [1.165, 1.54) is 10.4 Å².